The third-order valence-corrected chi connectivity index (χ3v) is 2.70. The molecule has 0 heterocycles. The van der Waals surface area contributed by atoms with Crippen LogP contribution in [0.3, 0.4) is 0 Å². The summed E-state index contributed by atoms with van der Waals surface area (Å²) in [5.74, 6) is -3.32. The Labute approximate surface area is 58.0 Å². The van der Waals surface area contributed by atoms with Crippen molar-refractivity contribution in [1.82, 2.24) is 0 Å². The first-order valence-electron chi connectivity index (χ1n) is 3.68. The fourth-order valence-electron chi connectivity index (χ4n) is 1.96. The molecule has 10 heavy (non-hydrogen) atoms. The molecule has 0 spiro atoms. The number of hydrogen-bond donors (Lipinski definition) is 1. The van der Waals surface area contributed by atoms with Crippen molar-refractivity contribution in [1.29, 1.82) is 0 Å². The molecule has 3 heteroatoms. The average molecular weight is 148 g/mol. The molecule has 2 fully saturated rings. The molecule has 0 radical (unpaired) electrons. The first kappa shape index (κ1) is 6.53. The molecular formula is C7H10F2O. The quantitative estimate of drug-likeness (QED) is 0.550. The molecule has 2 rings (SSSR count). The Hall–Kier alpha value is -0.180. The van der Waals surface area contributed by atoms with E-state index in [1.807, 2.05) is 0 Å². The van der Waals surface area contributed by atoms with Crippen molar-refractivity contribution in [2.24, 2.45) is 11.8 Å². The summed E-state index contributed by atoms with van der Waals surface area (Å²) >= 11 is 0. The van der Waals surface area contributed by atoms with Crippen LogP contribution in [0.2, 0.25) is 0 Å². The van der Waals surface area contributed by atoms with Gasteiger partial charge in [-0.3, -0.25) is 0 Å². The van der Waals surface area contributed by atoms with Crippen molar-refractivity contribution in [2.75, 3.05) is 0 Å². The standard InChI is InChI=1S/C7H10F2O/c8-7(9)5-2-1-4(10)3-6(5)7/h4-6,10H,1-3H2. The smallest absolute Gasteiger partial charge is 0.254 e. The molecule has 0 bridgehead atoms. The maximum Gasteiger partial charge on any atom is 0.254 e. The lowest BCUT2D eigenvalue weighted by Crippen LogP contribution is -2.12. The van der Waals surface area contributed by atoms with Crippen molar-refractivity contribution in [3.63, 3.8) is 0 Å². The molecule has 2 aliphatic rings. The van der Waals surface area contributed by atoms with Crippen molar-refractivity contribution >= 4 is 0 Å². The van der Waals surface area contributed by atoms with Gasteiger partial charge in [0.15, 0.2) is 0 Å². The first-order chi connectivity index (χ1) is 4.62. The summed E-state index contributed by atoms with van der Waals surface area (Å²) in [6, 6.07) is 0. The van der Waals surface area contributed by atoms with Crippen LogP contribution in [0.25, 0.3) is 0 Å². The Balaban J connectivity index is 2.04. The van der Waals surface area contributed by atoms with Crippen molar-refractivity contribution < 1.29 is 13.9 Å². The fraction of sp³-hybridized carbons (Fsp3) is 1.00. The van der Waals surface area contributed by atoms with E-state index in [1.54, 1.807) is 0 Å². The molecule has 2 aliphatic carbocycles. The number of aliphatic hydroxyl groups is 1. The molecule has 0 aromatic carbocycles. The highest BCUT2D eigenvalue weighted by molar-refractivity contribution is 5.08. The third-order valence-electron chi connectivity index (χ3n) is 2.70. The van der Waals surface area contributed by atoms with E-state index in [1.165, 1.54) is 0 Å². The summed E-state index contributed by atoms with van der Waals surface area (Å²) in [5.41, 5.74) is 0. The van der Waals surface area contributed by atoms with Crippen LogP contribution in [0.4, 0.5) is 8.78 Å². The SMILES string of the molecule is OC1CCC2C(C1)C2(F)F. The van der Waals surface area contributed by atoms with E-state index >= 15 is 0 Å². The van der Waals surface area contributed by atoms with Gasteiger partial charge < -0.3 is 5.11 Å². The molecule has 0 amide bonds. The van der Waals surface area contributed by atoms with Gasteiger partial charge in [-0.05, 0) is 19.3 Å². The van der Waals surface area contributed by atoms with Gasteiger partial charge >= 0.3 is 0 Å². The van der Waals surface area contributed by atoms with Crippen molar-refractivity contribution in [3.8, 4) is 0 Å². The van der Waals surface area contributed by atoms with E-state index in [0.717, 1.165) is 0 Å². The molecule has 0 aromatic rings. The third kappa shape index (κ3) is 0.698. The minimum Gasteiger partial charge on any atom is -0.393 e. The summed E-state index contributed by atoms with van der Waals surface area (Å²) < 4.78 is 25.1. The summed E-state index contributed by atoms with van der Waals surface area (Å²) in [6.07, 6.45) is 0.933. The van der Waals surface area contributed by atoms with Gasteiger partial charge in [-0.15, -0.1) is 0 Å². The van der Waals surface area contributed by atoms with Crippen LogP contribution in [0.15, 0.2) is 0 Å². The second-order valence-electron chi connectivity index (χ2n) is 3.35. The molecule has 58 valence electrons. The lowest BCUT2D eigenvalue weighted by molar-refractivity contribution is 0.0792. The second kappa shape index (κ2) is 1.70. The highest BCUT2D eigenvalue weighted by Crippen LogP contribution is 2.62. The summed E-state index contributed by atoms with van der Waals surface area (Å²) in [6.45, 7) is 0. The van der Waals surface area contributed by atoms with Crippen molar-refractivity contribution in [3.05, 3.63) is 0 Å². The minimum atomic E-state index is -2.43. The number of fused-ring (bicyclic) bond motifs is 1. The van der Waals surface area contributed by atoms with Crippen LogP contribution in [0.5, 0.6) is 0 Å². The number of hydrogen-bond acceptors (Lipinski definition) is 1. The zero-order valence-corrected chi connectivity index (χ0v) is 5.56. The number of aliphatic hydroxyl groups excluding tert-OH is 1. The largest absolute Gasteiger partial charge is 0.393 e. The highest BCUT2D eigenvalue weighted by atomic mass is 19.3. The van der Waals surface area contributed by atoms with Gasteiger partial charge in [0, 0.05) is 11.8 Å². The maximum atomic E-state index is 12.6. The van der Waals surface area contributed by atoms with E-state index in [0.29, 0.717) is 19.3 Å². The van der Waals surface area contributed by atoms with Crippen LogP contribution >= 0.6 is 0 Å². The number of rotatable bonds is 0. The Morgan fingerprint density at radius 2 is 1.90 bits per heavy atom. The molecule has 1 N–H and O–H groups in total. The van der Waals surface area contributed by atoms with E-state index in [9.17, 15) is 8.78 Å². The Bertz CT molecular complexity index is 158. The van der Waals surface area contributed by atoms with Crippen LogP contribution < -0.4 is 0 Å². The molecule has 0 aliphatic heterocycles. The van der Waals surface area contributed by atoms with Crippen molar-refractivity contribution in [2.45, 2.75) is 31.3 Å². The molecule has 0 aromatic heterocycles. The predicted octanol–water partition coefficient (Wildman–Crippen LogP) is 1.41. The van der Waals surface area contributed by atoms with E-state index in [-0.39, 0.29) is 0 Å². The Morgan fingerprint density at radius 3 is 2.40 bits per heavy atom. The van der Waals surface area contributed by atoms with Gasteiger partial charge in [-0.2, -0.15) is 0 Å². The predicted molar refractivity (Wildman–Crippen MR) is 31.8 cm³/mol. The zero-order chi connectivity index (χ0) is 7.35. The van der Waals surface area contributed by atoms with Gasteiger partial charge in [0.05, 0.1) is 6.10 Å². The number of alkyl halides is 2. The molecule has 2 saturated carbocycles. The van der Waals surface area contributed by atoms with Gasteiger partial charge in [0.25, 0.3) is 5.92 Å². The van der Waals surface area contributed by atoms with Crippen LogP contribution in [-0.2, 0) is 0 Å². The topological polar surface area (TPSA) is 20.2 Å². The summed E-state index contributed by atoms with van der Waals surface area (Å²) in [4.78, 5) is 0. The van der Waals surface area contributed by atoms with E-state index in [4.69, 9.17) is 5.11 Å². The molecule has 3 unspecified atom stereocenters. The molecular weight excluding hydrogens is 138 g/mol. The fourth-order valence-corrected chi connectivity index (χ4v) is 1.96. The number of halogens is 2. The molecule has 1 nitrogen and oxygen atoms in total. The average Bonchev–Trinajstić information content (AvgIpc) is 2.36. The van der Waals surface area contributed by atoms with Gasteiger partial charge in [-0.25, -0.2) is 8.78 Å². The Kier molecular flexibility index (Phi) is 1.11. The van der Waals surface area contributed by atoms with Gasteiger partial charge in [-0.1, -0.05) is 0 Å². The summed E-state index contributed by atoms with van der Waals surface area (Å²) in [5, 5.41) is 9.01. The normalized spacial score (nSPS) is 50.1. The Morgan fingerprint density at radius 1 is 1.20 bits per heavy atom. The lowest BCUT2D eigenvalue weighted by atomic mass is 9.98. The van der Waals surface area contributed by atoms with Crippen LogP contribution in [-0.4, -0.2) is 17.1 Å². The zero-order valence-electron chi connectivity index (χ0n) is 5.56. The lowest BCUT2D eigenvalue weighted by Gasteiger charge is -2.12. The van der Waals surface area contributed by atoms with E-state index < -0.39 is 23.9 Å². The van der Waals surface area contributed by atoms with E-state index in [2.05, 4.69) is 0 Å². The first-order valence-corrected chi connectivity index (χ1v) is 3.68. The maximum absolute atomic E-state index is 12.6. The van der Waals surface area contributed by atoms with Crippen LogP contribution in [0.1, 0.15) is 19.3 Å². The van der Waals surface area contributed by atoms with Crippen LogP contribution in [0, 0.1) is 11.8 Å². The second-order valence-corrected chi connectivity index (χ2v) is 3.35. The highest BCUT2D eigenvalue weighted by Gasteiger charge is 2.68. The molecule has 0 saturated heterocycles. The van der Waals surface area contributed by atoms with Gasteiger partial charge in [0.1, 0.15) is 0 Å². The minimum absolute atomic E-state index is 0.317. The van der Waals surface area contributed by atoms with Gasteiger partial charge in [0.2, 0.25) is 0 Å². The monoisotopic (exact) mass is 148 g/mol. The summed E-state index contributed by atoms with van der Waals surface area (Å²) in [7, 11) is 0. The molecule has 3 atom stereocenters.